The smallest absolute Gasteiger partial charge is 0.147 e. The van der Waals surface area contributed by atoms with Crippen LogP contribution in [0.3, 0.4) is 0 Å². The maximum Gasteiger partial charge on any atom is 0.147 e. The molecule has 0 aliphatic rings. The molecule has 4 nitrogen and oxygen atoms in total. The van der Waals surface area contributed by atoms with Gasteiger partial charge in [0.05, 0.1) is 6.04 Å². The largest absolute Gasteiger partial charge is 0.505 e. The Labute approximate surface area is 162 Å². The van der Waals surface area contributed by atoms with Crippen molar-refractivity contribution < 1.29 is 9.50 Å². The highest BCUT2D eigenvalue weighted by molar-refractivity contribution is 5.86. The van der Waals surface area contributed by atoms with E-state index >= 15 is 0 Å². The highest BCUT2D eigenvalue weighted by atomic mass is 19.1. The van der Waals surface area contributed by atoms with Crippen LogP contribution in [0.15, 0.2) is 66.9 Å². The number of fused-ring (bicyclic) bond motifs is 1. The van der Waals surface area contributed by atoms with E-state index in [2.05, 4.69) is 15.3 Å². The molecule has 2 N–H and O–H groups in total. The van der Waals surface area contributed by atoms with Crippen LogP contribution in [0, 0.1) is 19.7 Å². The quantitative estimate of drug-likeness (QED) is 0.510. The van der Waals surface area contributed by atoms with E-state index in [4.69, 9.17) is 0 Å². The van der Waals surface area contributed by atoms with E-state index < -0.39 is 6.04 Å². The summed E-state index contributed by atoms with van der Waals surface area (Å²) in [5.74, 6) is 0.377. The van der Waals surface area contributed by atoms with Crippen molar-refractivity contribution in [2.45, 2.75) is 19.9 Å². The number of halogens is 1. The second-order valence-corrected chi connectivity index (χ2v) is 6.88. The first kappa shape index (κ1) is 17.9. The highest BCUT2D eigenvalue weighted by Crippen LogP contribution is 2.36. The topological polar surface area (TPSA) is 58.0 Å². The standard InChI is InChI=1S/C23H20FN3O/c1-14-6-11-20(25-13-14)27-21(17-4-3-5-18(24)12-17)19-10-9-16-8-7-15(2)26-22(16)23(19)28/h3-13,21,28H,1-2H3,(H,25,27). The van der Waals surface area contributed by atoms with Crippen LogP contribution in [-0.2, 0) is 0 Å². The number of hydrogen-bond donors (Lipinski definition) is 2. The summed E-state index contributed by atoms with van der Waals surface area (Å²) in [7, 11) is 0. The van der Waals surface area contributed by atoms with Crippen molar-refractivity contribution in [3.63, 3.8) is 0 Å². The van der Waals surface area contributed by atoms with Gasteiger partial charge >= 0.3 is 0 Å². The molecule has 0 bridgehead atoms. The predicted molar refractivity (Wildman–Crippen MR) is 109 cm³/mol. The summed E-state index contributed by atoms with van der Waals surface area (Å²) in [6.07, 6.45) is 1.76. The van der Waals surface area contributed by atoms with Crippen LogP contribution >= 0.6 is 0 Å². The van der Waals surface area contributed by atoms with Crippen LogP contribution in [0.1, 0.15) is 28.4 Å². The van der Waals surface area contributed by atoms with Crippen molar-refractivity contribution in [2.75, 3.05) is 5.32 Å². The van der Waals surface area contributed by atoms with Crippen molar-refractivity contribution in [3.8, 4) is 5.75 Å². The lowest BCUT2D eigenvalue weighted by Gasteiger charge is -2.22. The van der Waals surface area contributed by atoms with Crippen molar-refractivity contribution in [2.24, 2.45) is 0 Å². The summed E-state index contributed by atoms with van der Waals surface area (Å²) in [6.45, 7) is 3.84. The number of aryl methyl sites for hydroxylation is 2. The van der Waals surface area contributed by atoms with Gasteiger partial charge in [0.1, 0.15) is 22.9 Å². The monoisotopic (exact) mass is 373 g/mol. The molecule has 0 saturated carbocycles. The number of pyridine rings is 2. The summed E-state index contributed by atoms with van der Waals surface area (Å²) in [6, 6.07) is 17.2. The fraction of sp³-hybridized carbons (Fsp3) is 0.130. The SMILES string of the molecule is Cc1ccc(NC(c2cccc(F)c2)c2ccc3ccc(C)nc3c2O)nc1. The first-order chi connectivity index (χ1) is 13.5. The van der Waals surface area contributed by atoms with Crippen LogP contribution in [0.25, 0.3) is 10.9 Å². The number of aromatic hydroxyl groups is 1. The van der Waals surface area contributed by atoms with E-state index in [1.54, 1.807) is 12.3 Å². The Balaban J connectivity index is 1.86. The molecule has 140 valence electrons. The molecule has 4 aromatic rings. The molecule has 0 saturated heterocycles. The predicted octanol–water partition coefficient (Wildman–Crippen LogP) is 5.29. The highest BCUT2D eigenvalue weighted by Gasteiger charge is 2.21. The third-order valence-corrected chi connectivity index (χ3v) is 4.70. The summed E-state index contributed by atoms with van der Waals surface area (Å²) in [4.78, 5) is 8.88. The lowest BCUT2D eigenvalue weighted by Crippen LogP contribution is -2.14. The van der Waals surface area contributed by atoms with Gasteiger partial charge in [-0.15, -0.1) is 0 Å². The van der Waals surface area contributed by atoms with Gasteiger partial charge in [0, 0.05) is 22.8 Å². The van der Waals surface area contributed by atoms with Gasteiger partial charge < -0.3 is 10.4 Å². The molecule has 0 amide bonds. The number of phenols is 1. The molecule has 0 aliphatic carbocycles. The Morgan fingerprint density at radius 3 is 2.57 bits per heavy atom. The molecule has 1 unspecified atom stereocenters. The van der Waals surface area contributed by atoms with Gasteiger partial charge in [0.2, 0.25) is 0 Å². The second kappa shape index (κ2) is 7.27. The van der Waals surface area contributed by atoms with Gasteiger partial charge in [-0.25, -0.2) is 14.4 Å². The third kappa shape index (κ3) is 3.51. The average molecular weight is 373 g/mol. The van der Waals surface area contributed by atoms with E-state index in [0.29, 0.717) is 22.5 Å². The maximum absolute atomic E-state index is 13.9. The Hall–Kier alpha value is -3.47. The Morgan fingerprint density at radius 2 is 1.82 bits per heavy atom. The number of nitrogens with zero attached hydrogens (tertiary/aromatic N) is 2. The molecule has 1 atom stereocenters. The number of aromatic nitrogens is 2. The van der Waals surface area contributed by atoms with E-state index in [9.17, 15) is 9.50 Å². The number of rotatable bonds is 4. The first-order valence-electron chi connectivity index (χ1n) is 9.05. The number of anilines is 1. The third-order valence-electron chi connectivity index (χ3n) is 4.70. The molecule has 0 fully saturated rings. The lowest BCUT2D eigenvalue weighted by atomic mass is 9.96. The lowest BCUT2D eigenvalue weighted by molar-refractivity contribution is 0.471. The molecule has 5 heteroatoms. The van der Waals surface area contributed by atoms with Crippen LogP contribution in [0.5, 0.6) is 5.75 Å². The van der Waals surface area contributed by atoms with Gasteiger partial charge in [-0.05, 0) is 49.2 Å². The van der Waals surface area contributed by atoms with Crippen LogP contribution in [0.4, 0.5) is 10.2 Å². The van der Waals surface area contributed by atoms with E-state index in [-0.39, 0.29) is 11.6 Å². The van der Waals surface area contributed by atoms with Crippen molar-refractivity contribution in [3.05, 3.63) is 95.1 Å². The summed E-state index contributed by atoms with van der Waals surface area (Å²) in [5.41, 5.74) is 3.68. The molecule has 2 aromatic heterocycles. The molecule has 2 heterocycles. The van der Waals surface area contributed by atoms with E-state index in [0.717, 1.165) is 16.6 Å². The van der Waals surface area contributed by atoms with E-state index in [1.807, 2.05) is 56.3 Å². The minimum absolute atomic E-state index is 0.0788. The summed E-state index contributed by atoms with van der Waals surface area (Å²) in [5, 5.41) is 15.1. The Morgan fingerprint density at radius 1 is 1.00 bits per heavy atom. The zero-order valence-corrected chi connectivity index (χ0v) is 15.6. The van der Waals surface area contributed by atoms with Crippen LogP contribution < -0.4 is 5.32 Å². The van der Waals surface area contributed by atoms with Crippen LogP contribution in [-0.4, -0.2) is 15.1 Å². The van der Waals surface area contributed by atoms with Gasteiger partial charge in [-0.2, -0.15) is 0 Å². The zero-order valence-electron chi connectivity index (χ0n) is 15.6. The number of hydrogen-bond acceptors (Lipinski definition) is 4. The first-order valence-corrected chi connectivity index (χ1v) is 9.05. The van der Waals surface area contributed by atoms with Gasteiger partial charge in [0.15, 0.2) is 0 Å². The molecule has 28 heavy (non-hydrogen) atoms. The Kier molecular flexibility index (Phi) is 4.65. The van der Waals surface area contributed by atoms with E-state index in [1.165, 1.54) is 12.1 Å². The molecular formula is C23H20FN3O. The normalized spacial score (nSPS) is 12.1. The molecule has 0 aliphatic heterocycles. The summed E-state index contributed by atoms with van der Waals surface area (Å²) < 4.78 is 13.9. The molecule has 0 radical (unpaired) electrons. The average Bonchev–Trinajstić information content (AvgIpc) is 2.69. The van der Waals surface area contributed by atoms with Gasteiger partial charge in [0.25, 0.3) is 0 Å². The second-order valence-electron chi connectivity index (χ2n) is 6.88. The number of nitrogens with one attached hydrogen (secondary N) is 1. The van der Waals surface area contributed by atoms with Crippen molar-refractivity contribution in [1.29, 1.82) is 0 Å². The fourth-order valence-corrected chi connectivity index (χ4v) is 3.25. The fourth-order valence-electron chi connectivity index (χ4n) is 3.25. The maximum atomic E-state index is 13.9. The van der Waals surface area contributed by atoms with Crippen molar-refractivity contribution in [1.82, 2.24) is 9.97 Å². The minimum atomic E-state index is -0.488. The zero-order chi connectivity index (χ0) is 19.7. The molecular weight excluding hydrogens is 353 g/mol. The van der Waals surface area contributed by atoms with Gasteiger partial charge in [-0.3, -0.25) is 0 Å². The number of phenolic OH excluding ortho intramolecular Hbond substituents is 1. The van der Waals surface area contributed by atoms with Crippen molar-refractivity contribution >= 4 is 16.7 Å². The summed E-state index contributed by atoms with van der Waals surface area (Å²) >= 11 is 0. The molecule has 0 spiro atoms. The Bertz CT molecular complexity index is 1140. The molecule has 2 aromatic carbocycles. The number of benzene rings is 2. The molecule has 4 rings (SSSR count). The minimum Gasteiger partial charge on any atom is -0.505 e. The van der Waals surface area contributed by atoms with Gasteiger partial charge in [-0.1, -0.05) is 36.4 Å². The van der Waals surface area contributed by atoms with Crippen LogP contribution in [0.2, 0.25) is 0 Å².